The van der Waals surface area contributed by atoms with E-state index in [-0.39, 0.29) is 7.43 Å². The first kappa shape index (κ1) is 22.6. The molecule has 5 heteroatoms. The summed E-state index contributed by atoms with van der Waals surface area (Å²) in [6.45, 7) is 4.00. The summed E-state index contributed by atoms with van der Waals surface area (Å²) in [5, 5.41) is 0. The molecule has 0 saturated heterocycles. The summed E-state index contributed by atoms with van der Waals surface area (Å²) >= 11 is 9.54. The first-order chi connectivity index (χ1) is 3.41. The summed E-state index contributed by atoms with van der Waals surface area (Å²) in [5.74, 6) is 0. The molecule has 0 bridgehead atoms. The quantitative estimate of drug-likeness (QED) is 0.345. The van der Waals surface area contributed by atoms with Crippen LogP contribution >= 0.6 is 74.5 Å². The minimum atomic E-state index is 0. The molecule has 0 spiro atoms. The van der Waals surface area contributed by atoms with E-state index in [1.165, 1.54) is 0 Å². The fourth-order valence-electron chi connectivity index (χ4n) is 0. The topological polar surface area (TPSA) is 0 Å². The van der Waals surface area contributed by atoms with Gasteiger partial charge in [0, 0.05) is 37.2 Å². The Morgan fingerprint density at radius 1 is 1.00 bits per heavy atom. The number of halogens is 5. The van der Waals surface area contributed by atoms with Crippen molar-refractivity contribution in [2.75, 3.05) is 0 Å². The van der Waals surface area contributed by atoms with Gasteiger partial charge in [-0.25, -0.2) is 0 Å². The van der Waals surface area contributed by atoms with E-state index in [0.29, 0.717) is 13.3 Å². The van der Waals surface area contributed by atoms with Crippen LogP contribution in [0.15, 0.2) is 0 Å². The summed E-state index contributed by atoms with van der Waals surface area (Å²) < 4.78 is 0. The Morgan fingerprint density at radius 2 is 1.00 bits per heavy atom. The zero-order valence-electron chi connectivity index (χ0n) is 3.89. The van der Waals surface area contributed by atoms with Crippen LogP contribution in [0, 0.1) is 0 Å². The Morgan fingerprint density at radius 3 is 1.00 bits per heavy atom. The fourth-order valence-corrected chi connectivity index (χ4v) is 0. The van der Waals surface area contributed by atoms with E-state index in [4.69, 9.17) is 0 Å². The van der Waals surface area contributed by atoms with Gasteiger partial charge in [-0.05, 0) is 0 Å². The zero-order chi connectivity index (χ0) is 6.71. The van der Waals surface area contributed by atoms with Crippen LogP contribution in [0.1, 0.15) is 21.3 Å². The Hall–Kier alpha value is 3.65. The van der Waals surface area contributed by atoms with Gasteiger partial charge >= 0.3 is 50.5 Å². The molecule has 0 amide bonds. The second-order valence-corrected chi connectivity index (χ2v) is 16.3. The fraction of sp³-hybridized carbons (Fsp3) is 1.00. The van der Waals surface area contributed by atoms with Gasteiger partial charge in [0.15, 0.2) is 0 Å². The molecular formula is C3H10I5-. The van der Waals surface area contributed by atoms with Crippen LogP contribution in [0.4, 0.5) is 0 Å². The molecule has 0 fully saturated rings. The number of hydrogen-bond acceptors (Lipinski definition) is 0. The van der Waals surface area contributed by atoms with Gasteiger partial charge in [0.25, 0.3) is 0 Å². The van der Waals surface area contributed by atoms with Crippen LogP contribution in [0.5, 0.6) is 0 Å². The molecule has 0 heterocycles. The minimum absolute atomic E-state index is 0. The molecule has 0 radical (unpaired) electrons. The van der Waals surface area contributed by atoms with Gasteiger partial charge in [0.1, 0.15) is 0 Å². The molecule has 0 unspecified atom stereocenters. The van der Waals surface area contributed by atoms with E-state index in [2.05, 4.69) is 74.5 Å². The van der Waals surface area contributed by atoms with Gasteiger partial charge in [0.05, 0.1) is 0 Å². The van der Waals surface area contributed by atoms with Crippen LogP contribution in [0.3, 0.4) is 0 Å². The molecule has 0 aromatic heterocycles. The summed E-state index contributed by atoms with van der Waals surface area (Å²) in [7, 11) is 0. The predicted molar refractivity (Wildman–Crippen MR) is 74.2 cm³/mol. The molecule has 0 aliphatic carbocycles. The monoisotopic (exact) mass is 681 g/mol. The molecule has 0 rings (SSSR count). The van der Waals surface area contributed by atoms with Crippen molar-refractivity contribution in [2.45, 2.75) is 21.3 Å². The Labute approximate surface area is 106 Å². The molecule has 0 aromatic carbocycles. The van der Waals surface area contributed by atoms with Crippen molar-refractivity contribution < 1.29 is 13.3 Å². The summed E-state index contributed by atoms with van der Waals surface area (Å²) in [6.07, 6.45) is 0. The third-order valence-electron chi connectivity index (χ3n) is 0. The summed E-state index contributed by atoms with van der Waals surface area (Å²) in [4.78, 5) is 0. The van der Waals surface area contributed by atoms with Crippen LogP contribution in [0.25, 0.3) is 0 Å². The molecule has 0 atom stereocenters. The van der Waals surface area contributed by atoms with Gasteiger partial charge in [-0.15, -0.1) is 0 Å². The first-order valence-corrected chi connectivity index (χ1v) is 20.3. The maximum atomic E-state index is 2.39. The molecule has 58 valence electrons. The van der Waals surface area contributed by atoms with Crippen molar-refractivity contribution in [1.29, 1.82) is 0 Å². The van der Waals surface area contributed by atoms with Crippen molar-refractivity contribution in [3.05, 3.63) is 0 Å². The summed E-state index contributed by atoms with van der Waals surface area (Å²) in [6, 6.07) is 0. The zero-order valence-corrected chi connectivity index (χ0v) is 14.7. The van der Waals surface area contributed by atoms with Crippen LogP contribution in [-0.4, -0.2) is 0 Å². The molecule has 0 saturated carbocycles. The Balaban J connectivity index is -0.0000000147. The normalized spacial score (nSPS) is 4.25. The average molecular weight is 681 g/mol. The van der Waals surface area contributed by atoms with Gasteiger partial charge in [-0.1, -0.05) is 21.3 Å². The molecule has 0 nitrogen and oxygen atoms in total. The number of rotatable bonds is 0. The molecule has 0 aliphatic rings. The first-order valence-electron chi connectivity index (χ1n) is 1.43. The van der Waals surface area contributed by atoms with E-state index < -0.39 is 0 Å². The second-order valence-electron chi connectivity index (χ2n) is 0.0540. The van der Waals surface area contributed by atoms with Crippen LogP contribution < -0.4 is 13.3 Å². The van der Waals surface area contributed by atoms with Crippen molar-refractivity contribution in [2.24, 2.45) is 0 Å². The molecule has 0 aliphatic heterocycles. The molecular weight excluding hydrogens is 671 g/mol. The van der Waals surface area contributed by atoms with Gasteiger partial charge in [-0.2, -0.15) is 0 Å². The second kappa shape index (κ2) is 45.9. The van der Waals surface area contributed by atoms with Crippen LogP contribution in [0.2, 0.25) is 0 Å². The van der Waals surface area contributed by atoms with E-state index in [1.807, 2.05) is 13.8 Å². The van der Waals surface area contributed by atoms with E-state index in [0.717, 1.165) is 0 Å². The average Bonchev–Trinajstić information content (AvgIpc) is 1.78. The third-order valence-corrected chi connectivity index (χ3v) is 0. The Bertz CT molecular complexity index is 7.64. The molecule has 0 N–H and O–H groups in total. The van der Waals surface area contributed by atoms with E-state index in [9.17, 15) is 0 Å². The molecule has 0 aromatic rings. The van der Waals surface area contributed by atoms with Crippen molar-refractivity contribution >= 4 is 74.5 Å². The van der Waals surface area contributed by atoms with Crippen LogP contribution in [-0.2, 0) is 0 Å². The van der Waals surface area contributed by atoms with Gasteiger partial charge in [-0.3, -0.25) is 0 Å². The summed E-state index contributed by atoms with van der Waals surface area (Å²) in [5.41, 5.74) is 0. The van der Waals surface area contributed by atoms with Crippen molar-refractivity contribution in [3.8, 4) is 0 Å². The van der Waals surface area contributed by atoms with Crippen molar-refractivity contribution in [3.63, 3.8) is 0 Å². The SMILES string of the molecule is C.CC.II.I[I-]I. The number of hydrogen-bond donors (Lipinski definition) is 0. The maximum absolute atomic E-state index is 2.39. The van der Waals surface area contributed by atoms with E-state index in [1.54, 1.807) is 0 Å². The van der Waals surface area contributed by atoms with E-state index >= 15 is 0 Å². The van der Waals surface area contributed by atoms with Gasteiger partial charge < -0.3 is 0 Å². The third kappa shape index (κ3) is 54.2. The van der Waals surface area contributed by atoms with Crippen molar-refractivity contribution in [1.82, 2.24) is 0 Å². The molecule has 8 heavy (non-hydrogen) atoms. The van der Waals surface area contributed by atoms with Gasteiger partial charge in [0.2, 0.25) is 0 Å². The predicted octanol–water partition coefficient (Wildman–Crippen LogP) is 2.21. The standard InChI is InChI=1S/C2H6.CH4.I3.I2/c1-2;;1-3-2;1-2/h1-2H3;1H4;;/q;;-1;. The Kier molecular flexibility index (Phi) is 129.